The SMILES string of the molecule is Fc1cc(F)cc(-c2c[c]sc2)c1. The van der Waals surface area contributed by atoms with Crippen molar-refractivity contribution in [2.75, 3.05) is 0 Å². The van der Waals surface area contributed by atoms with Gasteiger partial charge in [0.05, 0.1) is 0 Å². The molecule has 0 aliphatic heterocycles. The standard InChI is InChI=1S/C10H5F2S/c11-9-3-8(4-10(12)5-9)7-1-2-13-6-7/h1,3-6H. The summed E-state index contributed by atoms with van der Waals surface area (Å²) < 4.78 is 25.5. The van der Waals surface area contributed by atoms with Gasteiger partial charge in [0, 0.05) is 11.4 Å². The molecule has 0 unspecified atom stereocenters. The number of rotatable bonds is 1. The summed E-state index contributed by atoms with van der Waals surface area (Å²) in [6, 6.07) is 5.18. The first-order chi connectivity index (χ1) is 6.25. The van der Waals surface area contributed by atoms with Gasteiger partial charge in [0.1, 0.15) is 11.6 Å². The Morgan fingerprint density at radius 2 is 1.69 bits per heavy atom. The van der Waals surface area contributed by atoms with Gasteiger partial charge in [0.2, 0.25) is 0 Å². The Morgan fingerprint density at radius 1 is 1.00 bits per heavy atom. The molecule has 1 radical (unpaired) electrons. The van der Waals surface area contributed by atoms with E-state index in [2.05, 4.69) is 5.38 Å². The van der Waals surface area contributed by atoms with Crippen LogP contribution in [0.15, 0.2) is 29.6 Å². The maximum Gasteiger partial charge on any atom is 0.126 e. The van der Waals surface area contributed by atoms with Crippen molar-refractivity contribution in [3.05, 3.63) is 46.7 Å². The van der Waals surface area contributed by atoms with Crippen molar-refractivity contribution < 1.29 is 8.78 Å². The van der Waals surface area contributed by atoms with Crippen molar-refractivity contribution in [2.24, 2.45) is 0 Å². The first kappa shape index (κ1) is 8.38. The van der Waals surface area contributed by atoms with Gasteiger partial charge < -0.3 is 0 Å². The normalized spacial score (nSPS) is 10.3. The fraction of sp³-hybridized carbons (Fsp3) is 0. The molecule has 0 aliphatic rings. The molecule has 0 aliphatic carbocycles. The zero-order valence-corrected chi connectivity index (χ0v) is 7.37. The zero-order chi connectivity index (χ0) is 9.26. The van der Waals surface area contributed by atoms with E-state index in [0.29, 0.717) is 5.56 Å². The Balaban J connectivity index is 2.53. The molecular formula is C10H5F2S. The molecule has 13 heavy (non-hydrogen) atoms. The third-order valence-corrected chi connectivity index (χ3v) is 2.29. The molecule has 65 valence electrons. The molecule has 0 spiro atoms. The quantitative estimate of drug-likeness (QED) is 0.653. The predicted octanol–water partition coefficient (Wildman–Crippen LogP) is 3.49. The molecular weight excluding hydrogens is 190 g/mol. The molecule has 0 fully saturated rings. The maximum atomic E-state index is 12.8. The molecule has 0 atom stereocenters. The van der Waals surface area contributed by atoms with Gasteiger partial charge in [-0.15, -0.1) is 11.3 Å². The van der Waals surface area contributed by atoms with Crippen LogP contribution in [0.4, 0.5) is 8.78 Å². The lowest BCUT2D eigenvalue weighted by molar-refractivity contribution is 0.584. The predicted molar refractivity (Wildman–Crippen MR) is 48.5 cm³/mol. The molecule has 0 N–H and O–H groups in total. The van der Waals surface area contributed by atoms with Gasteiger partial charge in [-0.3, -0.25) is 0 Å². The molecule has 0 saturated heterocycles. The Labute approximate surface area is 78.5 Å². The van der Waals surface area contributed by atoms with Gasteiger partial charge in [-0.2, -0.15) is 0 Å². The molecule has 0 amide bonds. The number of hydrogen-bond donors (Lipinski definition) is 0. The molecule has 3 heteroatoms. The zero-order valence-electron chi connectivity index (χ0n) is 6.55. The number of thiophene rings is 1. The van der Waals surface area contributed by atoms with Crippen molar-refractivity contribution in [1.82, 2.24) is 0 Å². The van der Waals surface area contributed by atoms with Crippen molar-refractivity contribution in [1.29, 1.82) is 0 Å². The van der Waals surface area contributed by atoms with Crippen LogP contribution in [-0.4, -0.2) is 0 Å². The van der Waals surface area contributed by atoms with E-state index in [-0.39, 0.29) is 0 Å². The highest BCUT2D eigenvalue weighted by Gasteiger charge is 2.02. The second-order valence-corrected chi connectivity index (χ2v) is 3.32. The van der Waals surface area contributed by atoms with Crippen LogP contribution in [0.1, 0.15) is 0 Å². The third kappa shape index (κ3) is 1.75. The van der Waals surface area contributed by atoms with Gasteiger partial charge in [-0.05, 0) is 34.7 Å². The number of benzene rings is 1. The van der Waals surface area contributed by atoms with E-state index in [1.165, 1.54) is 23.5 Å². The van der Waals surface area contributed by atoms with E-state index in [1.807, 2.05) is 0 Å². The second-order valence-electron chi connectivity index (χ2n) is 2.61. The van der Waals surface area contributed by atoms with Gasteiger partial charge in [0.25, 0.3) is 0 Å². The third-order valence-electron chi connectivity index (χ3n) is 1.66. The molecule has 2 aromatic rings. The van der Waals surface area contributed by atoms with E-state index in [4.69, 9.17) is 0 Å². The first-order valence-electron chi connectivity index (χ1n) is 3.67. The molecule has 0 nitrogen and oxygen atoms in total. The smallest absolute Gasteiger partial charge is 0.126 e. The molecule has 0 bridgehead atoms. The van der Waals surface area contributed by atoms with Crippen LogP contribution in [-0.2, 0) is 0 Å². The van der Waals surface area contributed by atoms with Crippen LogP contribution in [0.25, 0.3) is 11.1 Å². The molecule has 1 aromatic heterocycles. The molecule has 2 rings (SSSR count). The van der Waals surface area contributed by atoms with E-state index in [1.54, 1.807) is 11.4 Å². The van der Waals surface area contributed by atoms with E-state index in [9.17, 15) is 8.78 Å². The van der Waals surface area contributed by atoms with Crippen molar-refractivity contribution in [3.8, 4) is 11.1 Å². The van der Waals surface area contributed by atoms with Crippen LogP contribution in [0, 0.1) is 17.0 Å². The van der Waals surface area contributed by atoms with Crippen LogP contribution in [0.5, 0.6) is 0 Å². The lowest BCUT2D eigenvalue weighted by Gasteiger charge is -1.97. The highest BCUT2D eigenvalue weighted by Crippen LogP contribution is 2.23. The molecule has 1 aromatic carbocycles. The summed E-state index contributed by atoms with van der Waals surface area (Å²) in [6.45, 7) is 0. The number of halogens is 2. The highest BCUT2D eigenvalue weighted by atomic mass is 32.1. The lowest BCUT2D eigenvalue weighted by Crippen LogP contribution is -1.81. The van der Waals surface area contributed by atoms with Gasteiger partial charge in [-0.25, -0.2) is 8.78 Å². The topological polar surface area (TPSA) is 0 Å². The van der Waals surface area contributed by atoms with Crippen LogP contribution >= 0.6 is 11.3 Å². The van der Waals surface area contributed by atoms with E-state index < -0.39 is 11.6 Å². The number of hydrogen-bond acceptors (Lipinski definition) is 1. The van der Waals surface area contributed by atoms with E-state index in [0.717, 1.165) is 11.6 Å². The van der Waals surface area contributed by atoms with Gasteiger partial charge >= 0.3 is 0 Å². The van der Waals surface area contributed by atoms with Gasteiger partial charge in [-0.1, -0.05) is 0 Å². The van der Waals surface area contributed by atoms with Crippen LogP contribution < -0.4 is 0 Å². The summed E-state index contributed by atoms with van der Waals surface area (Å²) in [6.07, 6.45) is 0. The summed E-state index contributed by atoms with van der Waals surface area (Å²) >= 11 is 1.38. The minimum Gasteiger partial charge on any atom is -0.207 e. The monoisotopic (exact) mass is 195 g/mol. The summed E-state index contributed by atoms with van der Waals surface area (Å²) in [4.78, 5) is 0. The van der Waals surface area contributed by atoms with E-state index >= 15 is 0 Å². The Kier molecular flexibility index (Phi) is 2.10. The summed E-state index contributed by atoms with van der Waals surface area (Å²) in [5.41, 5.74) is 1.35. The lowest BCUT2D eigenvalue weighted by atomic mass is 10.1. The average molecular weight is 195 g/mol. The van der Waals surface area contributed by atoms with Crippen LogP contribution in [0.2, 0.25) is 0 Å². The van der Waals surface area contributed by atoms with Crippen LogP contribution in [0.3, 0.4) is 0 Å². The fourth-order valence-corrected chi connectivity index (χ4v) is 1.70. The largest absolute Gasteiger partial charge is 0.207 e. The summed E-state index contributed by atoms with van der Waals surface area (Å²) in [7, 11) is 0. The first-order valence-corrected chi connectivity index (χ1v) is 4.55. The fourth-order valence-electron chi connectivity index (χ4n) is 1.10. The minimum atomic E-state index is -0.554. The van der Waals surface area contributed by atoms with Gasteiger partial charge in [0.15, 0.2) is 0 Å². The Morgan fingerprint density at radius 3 is 2.23 bits per heavy atom. The van der Waals surface area contributed by atoms with Crippen molar-refractivity contribution >= 4 is 11.3 Å². The molecule has 0 saturated carbocycles. The minimum absolute atomic E-state index is 0.551. The summed E-state index contributed by atoms with van der Waals surface area (Å²) in [5.74, 6) is -1.11. The Hall–Kier alpha value is -1.22. The van der Waals surface area contributed by atoms with Crippen molar-refractivity contribution in [2.45, 2.75) is 0 Å². The second kappa shape index (κ2) is 3.26. The highest BCUT2D eigenvalue weighted by molar-refractivity contribution is 7.07. The Bertz CT molecular complexity index is 387. The van der Waals surface area contributed by atoms with Crippen molar-refractivity contribution in [3.63, 3.8) is 0 Å². The summed E-state index contributed by atoms with van der Waals surface area (Å²) in [5, 5.41) is 4.66. The molecule has 1 heterocycles. The average Bonchev–Trinajstić information content (AvgIpc) is 2.53. The maximum absolute atomic E-state index is 12.8.